The van der Waals surface area contributed by atoms with E-state index in [0.29, 0.717) is 17.3 Å². The lowest BCUT2D eigenvalue weighted by Gasteiger charge is -1.96. The van der Waals surface area contributed by atoms with E-state index in [1.807, 2.05) is 24.3 Å². The van der Waals surface area contributed by atoms with Gasteiger partial charge in [-0.2, -0.15) is 0 Å². The molecule has 0 saturated heterocycles. The molecular formula is C12H8ClN3OS. The van der Waals surface area contributed by atoms with Crippen LogP contribution in [0.5, 0.6) is 0 Å². The maximum Gasteiger partial charge on any atom is 0.404 e. The number of pyridine rings is 2. The van der Waals surface area contributed by atoms with E-state index in [1.54, 1.807) is 16.8 Å². The number of rotatable bonds is 2. The normalized spacial score (nSPS) is 10.9. The first kappa shape index (κ1) is 11.4. The average molecular weight is 278 g/mol. The molecule has 0 bridgehead atoms. The zero-order valence-corrected chi connectivity index (χ0v) is 10.8. The van der Waals surface area contributed by atoms with E-state index >= 15 is 0 Å². The molecule has 0 radical (unpaired) electrons. The smallest absolute Gasteiger partial charge is 0.404 e. The van der Waals surface area contributed by atoms with Gasteiger partial charge in [0.05, 0.1) is 12.5 Å². The number of aromatic nitrogens is 3. The predicted octanol–water partition coefficient (Wildman–Crippen LogP) is 1.96. The first-order chi connectivity index (χ1) is 8.72. The molecule has 6 heteroatoms. The van der Waals surface area contributed by atoms with Crippen LogP contribution in [0.2, 0.25) is 5.15 Å². The van der Waals surface area contributed by atoms with Crippen LogP contribution in [0.4, 0.5) is 0 Å². The van der Waals surface area contributed by atoms with E-state index < -0.39 is 0 Å². The first-order valence-corrected chi connectivity index (χ1v) is 6.09. The third-order valence-corrected chi connectivity index (χ3v) is 2.94. The van der Waals surface area contributed by atoms with Crippen molar-refractivity contribution in [1.29, 1.82) is 0 Å². The van der Waals surface area contributed by atoms with Crippen LogP contribution >= 0.6 is 11.6 Å². The molecule has 0 atom stereocenters. The van der Waals surface area contributed by atoms with Gasteiger partial charge in [0.2, 0.25) is 5.69 Å². The highest BCUT2D eigenvalue weighted by Crippen LogP contribution is 2.10. The zero-order valence-electron chi connectivity index (χ0n) is 9.21. The van der Waals surface area contributed by atoms with Gasteiger partial charge < -0.3 is 17.0 Å². The van der Waals surface area contributed by atoms with Crippen molar-refractivity contribution in [3.05, 3.63) is 52.9 Å². The van der Waals surface area contributed by atoms with Crippen molar-refractivity contribution in [3.8, 4) is 0 Å². The van der Waals surface area contributed by atoms with E-state index in [1.165, 1.54) is 0 Å². The Balaban J connectivity index is 2.01. The van der Waals surface area contributed by atoms with Crippen LogP contribution in [0.1, 0.15) is 11.3 Å². The van der Waals surface area contributed by atoms with Crippen molar-refractivity contribution in [3.63, 3.8) is 0 Å². The highest BCUT2D eigenvalue weighted by atomic mass is 35.5. The molecule has 0 N–H and O–H groups in total. The lowest BCUT2D eigenvalue weighted by molar-refractivity contribution is -0.590. The monoisotopic (exact) mass is 277 g/mol. The van der Waals surface area contributed by atoms with Crippen LogP contribution in [-0.4, -0.2) is 10.1 Å². The minimum absolute atomic E-state index is 0.233. The summed E-state index contributed by atoms with van der Waals surface area (Å²) in [5.74, 6) is 0. The predicted molar refractivity (Wildman–Crippen MR) is 67.3 cm³/mol. The second-order valence-electron chi connectivity index (χ2n) is 3.80. The van der Waals surface area contributed by atoms with Gasteiger partial charge in [0.1, 0.15) is 10.4 Å². The van der Waals surface area contributed by atoms with E-state index in [-0.39, 0.29) is 5.22 Å². The van der Waals surface area contributed by atoms with Gasteiger partial charge in [-0.15, -0.1) is 0 Å². The van der Waals surface area contributed by atoms with Crippen LogP contribution in [0.3, 0.4) is 0 Å². The fraction of sp³-hybridized carbons (Fsp3) is 0.0833. The van der Waals surface area contributed by atoms with Crippen LogP contribution in [-0.2, 0) is 19.0 Å². The number of hydrogen-bond donors (Lipinski definition) is 0. The Kier molecular flexibility index (Phi) is 2.85. The second-order valence-corrected chi connectivity index (χ2v) is 4.54. The highest BCUT2D eigenvalue weighted by Gasteiger charge is 2.15. The summed E-state index contributed by atoms with van der Waals surface area (Å²) in [6.45, 7) is 0. The molecule has 0 unspecified atom stereocenters. The highest BCUT2D eigenvalue weighted by molar-refractivity contribution is 7.58. The van der Waals surface area contributed by atoms with Gasteiger partial charge in [0, 0.05) is 17.4 Å². The molecule has 0 saturated carbocycles. The average Bonchev–Trinajstić information content (AvgIpc) is 2.73. The van der Waals surface area contributed by atoms with Crippen molar-refractivity contribution in [1.82, 2.24) is 10.1 Å². The Morgan fingerprint density at radius 3 is 2.94 bits per heavy atom. The standard InChI is InChI=1S/C12H8ClN3OS/c13-10-5-4-8(7-14-10)6-9-2-1-3-11-16(9)15-12(18)17-11/h1-5,7H,6H2. The third-order valence-electron chi connectivity index (χ3n) is 2.56. The quantitative estimate of drug-likeness (QED) is 0.408. The summed E-state index contributed by atoms with van der Waals surface area (Å²) in [5, 5.41) is 4.86. The lowest BCUT2D eigenvalue weighted by atomic mass is 10.1. The Bertz CT molecular complexity index is 696. The molecule has 18 heavy (non-hydrogen) atoms. The van der Waals surface area contributed by atoms with Crippen molar-refractivity contribution in [2.75, 3.05) is 0 Å². The third kappa shape index (κ3) is 2.14. The summed E-state index contributed by atoms with van der Waals surface area (Å²) in [5.41, 5.74) is 2.67. The first-order valence-electron chi connectivity index (χ1n) is 5.30. The van der Waals surface area contributed by atoms with Gasteiger partial charge in [0.15, 0.2) is 0 Å². The van der Waals surface area contributed by atoms with Crippen LogP contribution in [0.25, 0.3) is 5.71 Å². The number of nitrogens with zero attached hydrogens (tertiary/aromatic N) is 3. The lowest BCUT2D eigenvalue weighted by Crippen LogP contribution is -2.29. The molecule has 0 fully saturated rings. The van der Waals surface area contributed by atoms with E-state index in [9.17, 15) is 0 Å². The molecule has 3 heterocycles. The molecule has 3 aromatic rings. The summed E-state index contributed by atoms with van der Waals surface area (Å²) in [4.78, 5) is 4.05. The van der Waals surface area contributed by atoms with Crippen LogP contribution < -0.4 is 4.52 Å². The fourth-order valence-corrected chi connectivity index (χ4v) is 2.04. The van der Waals surface area contributed by atoms with Crippen molar-refractivity contribution in [2.45, 2.75) is 11.6 Å². The van der Waals surface area contributed by atoms with Crippen LogP contribution in [0.15, 0.2) is 46.2 Å². The van der Waals surface area contributed by atoms with Gasteiger partial charge in [-0.25, -0.2) is 4.98 Å². The maximum atomic E-state index is 5.76. The van der Waals surface area contributed by atoms with E-state index in [0.717, 1.165) is 11.3 Å². The molecule has 4 nitrogen and oxygen atoms in total. The SMILES string of the molecule is [S-]c1n[n+]2c(Cc3ccc(Cl)nc3)cccc2o1. The molecule has 0 amide bonds. The minimum Gasteiger partial charge on any atom is -0.715 e. The summed E-state index contributed by atoms with van der Waals surface area (Å²) < 4.78 is 7.00. The molecule has 3 aromatic heterocycles. The Morgan fingerprint density at radius 1 is 1.28 bits per heavy atom. The summed E-state index contributed by atoms with van der Waals surface area (Å²) >= 11 is 10.7. The molecule has 0 aromatic carbocycles. The molecule has 0 aliphatic rings. The summed E-state index contributed by atoms with van der Waals surface area (Å²) in [7, 11) is 0. The molecule has 0 aliphatic carbocycles. The molecule has 3 rings (SSSR count). The van der Waals surface area contributed by atoms with Gasteiger partial charge in [0.25, 0.3) is 0 Å². The van der Waals surface area contributed by atoms with E-state index in [2.05, 4.69) is 10.1 Å². The molecule has 0 spiro atoms. The molecule has 0 aliphatic heterocycles. The number of fused-ring (bicyclic) bond motifs is 1. The number of hydrogen-bond acceptors (Lipinski definition) is 4. The van der Waals surface area contributed by atoms with Gasteiger partial charge >= 0.3 is 5.71 Å². The fourth-order valence-electron chi connectivity index (χ4n) is 1.76. The largest absolute Gasteiger partial charge is 0.715 e. The maximum absolute atomic E-state index is 5.76. The second kappa shape index (κ2) is 4.51. The molecule has 90 valence electrons. The number of halogens is 1. The Labute approximate surface area is 114 Å². The topological polar surface area (TPSA) is 43.0 Å². The van der Waals surface area contributed by atoms with Crippen molar-refractivity contribution >= 4 is 29.9 Å². The van der Waals surface area contributed by atoms with Crippen molar-refractivity contribution < 1.29 is 8.93 Å². The summed E-state index contributed by atoms with van der Waals surface area (Å²) in [6.07, 6.45) is 2.43. The van der Waals surface area contributed by atoms with Gasteiger partial charge in [-0.1, -0.05) is 17.7 Å². The van der Waals surface area contributed by atoms with Crippen molar-refractivity contribution in [2.24, 2.45) is 0 Å². The Hall–Kier alpha value is -1.72. The van der Waals surface area contributed by atoms with Gasteiger partial charge in [-0.3, -0.25) is 0 Å². The van der Waals surface area contributed by atoms with Gasteiger partial charge in [-0.05, 0) is 22.2 Å². The Morgan fingerprint density at radius 2 is 2.17 bits per heavy atom. The molecular weight excluding hydrogens is 270 g/mol. The zero-order chi connectivity index (χ0) is 12.5. The van der Waals surface area contributed by atoms with Crippen LogP contribution in [0, 0.1) is 0 Å². The summed E-state index contributed by atoms with van der Waals surface area (Å²) in [6, 6.07) is 9.41. The minimum atomic E-state index is 0.233. The van der Waals surface area contributed by atoms with E-state index in [4.69, 9.17) is 28.6 Å².